The Morgan fingerprint density at radius 3 is 1.53 bits per heavy atom. The lowest BCUT2D eigenvalue weighted by Crippen LogP contribution is -2.30. The monoisotopic (exact) mass is 414 g/mol. The standard InChI is InChI=1S/C22H30N4O4/c1-29-19-11-7-9-17(15-19)25-21(27)23-13-5-3-4-6-14-24-22(28)26-18-10-8-12-20(16-18)30-2/h7-12,15-16H,3-6,13-14H2,1-2H3,(H2,23,25,27)(H2,24,26,28). The summed E-state index contributed by atoms with van der Waals surface area (Å²) >= 11 is 0. The van der Waals surface area contributed by atoms with E-state index in [0.29, 0.717) is 36.0 Å². The summed E-state index contributed by atoms with van der Waals surface area (Å²) in [5.74, 6) is 1.39. The molecule has 4 N–H and O–H groups in total. The quantitative estimate of drug-likeness (QED) is 0.414. The highest BCUT2D eigenvalue weighted by atomic mass is 16.5. The summed E-state index contributed by atoms with van der Waals surface area (Å²) in [5, 5.41) is 11.2. The highest BCUT2D eigenvalue weighted by Crippen LogP contribution is 2.17. The molecule has 0 fully saturated rings. The van der Waals surface area contributed by atoms with Gasteiger partial charge in [-0.15, -0.1) is 0 Å². The van der Waals surface area contributed by atoms with Gasteiger partial charge in [0.1, 0.15) is 11.5 Å². The van der Waals surface area contributed by atoms with E-state index in [-0.39, 0.29) is 12.1 Å². The molecule has 0 aliphatic rings. The van der Waals surface area contributed by atoms with Crippen molar-refractivity contribution in [1.82, 2.24) is 10.6 Å². The van der Waals surface area contributed by atoms with E-state index in [9.17, 15) is 9.59 Å². The van der Waals surface area contributed by atoms with Crippen LogP contribution < -0.4 is 30.7 Å². The Bertz CT molecular complexity index is 746. The molecule has 0 aliphatic heterocycles. The second kappa shape index (κ2) is 12.9. The van der Waals surface area contributed by atoms with E-state index >= 15 is 0 Å². The van der Waals surface area contributed by atoms with Gasteiger partial charge in [-0.2, -0.15) is 0 Å². The predicted molar refractivity (Wildman–Crippen MR) is 118 cm³/mol. The molecule has 162 valence electrons. The zero-order valence-corrected chi connectivity index (χ0v) is 17.5. The molecule has 0 aromatic heterocycles. The van der Waals surface area contributed by atoms with Gasteiger partial charge < -0.3 is 30.7 Å². The summed E-state index contributed by atoms with van der Waals surface area (Å²) in [6.07, 6.45) is 3.69. The van der Waals surface area contributed by atoms with Crippen LogP contribution in [-0.2, 0) is 0 Å². The number of anilines is 2. The zero-order valence-electron chi connectivity index (χ0n) is 17.5. The minimum atomic E-state index is -0.237. The van der Waals surface area contributed by atoms with Crippen molar-refractivity contribution < 1.29 is 19.1 Å². The molecule has 30 heavy (non-hydrogen) atoms. The van der Waals surface area contributed by atoms with Crippen molar-refractivity contribution in [3.05, 3.63) is 48.5 Å². The van der Waals surface area contributed by atoms with Crippen LogP contribution in [0.1, 0.15) is 25.7 Å². The summed E-state index contributed by atoms with van der Waals surface area (Å²) in [4.78, 5) is 23.8. The first-order valence-electron chi connectivity index (χ1n) is 9.98. The molecule has 2 aromatic rings. The van der Waals surface area contributed by atoms with Gasteiger partial charge in [-0.3, -0.25) is 0 Å². The van der Waals surface area contributed by atoms with E-state index in [1.54, 1.807) is 38.5 Å². The fourth-order valence-electron chi connectivity index (χ4n) is 2.76. The normalized spacial score (nSPS) is 10.1. The molecule has 0 saturated carbocycles. The number of unbranched alkanes of at least 4 members (excludes halogenated alkanes) is 3. The number of urea groups is 2. The van der Waals surface area contributed by atoms with Gasteiger partial charge in [-0.25, -0.2) is 9.59 Å². The number of nitrogens with one attached hydrogen (secondary N) is 4. The van der Waals surface area contributed by atoms with Crippen LogP contribution in [0.3, 0.4) is 0 Å². The number of carbonyl (C=O) groups is 2. The first kappa shape index (κ1) is 22.9. The first-order valence-corrected chi connectivity index (χ1v) is 9.98. The number of hydrogen-bond donors (Lipinski definition) is 4. The predicted octanol–water partition coefficient (Wildman–Crippen LogP) is 4.21. The van der Waals surface area contributed by atoms with Gasteiger partial charge in [0.15, 0.2) is 0 Å². The third-order valence-corrected chi connectivity index (χ3v) is 4.33. The topological polar surface area (TPSA) is 101 Å². The molecule has 2 rings (SSSR count). The fraction of sp³-hybridized carbons (Fsp3) is 0.364. The molecule has 4 amide bonds. The molecular weight excluding hydrogens is 384 g/mol. The van der Waals surface area contributed by atoms with Crippen molar-refractivity contribution in [3.8, 4) is 11.5 Å². The van der Waals surface area contributed by atoms with Crippen LogP contribution in [0.5, 0.6) is 11.5 Å². The minimum Gasteiger partial charge on any atom is -0.497 e. The first-order chi connectivity index (χ1) is 14.6. The van der Waals surface area contributed by atoms with Gasteiger partial charge in [-0.05, 0) is 37.1 Å². The fourth-order valence-corrected chi connectivity index (χ4v) is 2.76. The third-order valence-electron chi connectivity index (χ3n) is 4.33. The molecule has 0 spiro atoms. The molecule has 0 heterocycles. The van der Waals surface area contributed by atoms with E-state index in [1.165, 1.54) is 0 Å². The molecule has 0 radical (unpaired) electrons. The second-order valence-electron chi connectivity index (χ2n) is 6.64. The molecule has 2 aromatic carbocycles. The molecule has 8 heteroatoms. The Kier molecular flexibility index (Phi) is 9.85. The van der Waals surface area contributed by atoms with Crippen LogP contribution in [0.25, 0.3) is 0 Å². The molecule has 0 atom stereocenters. The Hall–Kier alpha value is -3.42. The van der Waals surface area contributed by atoms with E-state index in [1.807, 2.05) is 24.3 Å². The molecule has 0 aliphatic carbocycles. The number of amides is 4. The van der Waals surface area contributed by atoms with Gasteiger partial charge in [0, 0.05) is 36.6 Å². The lowest BCUT2D eigenvalue weighted by atomic mass is 10.2. The smallest absolute Gasteiger partial charge is 0.319 e. The number of hydrogen-bond acceptors (Lipinski definition) is 4. The Balaban J connectivity index is 1.49. The van der Waals surface area contributed by atoms with Gasteiger partial charge in [-0.1, -0.05) is 25.0 Å². The van der Waals surface area contributed by atoms with Crippen LogP contribution in [-0.4, -0.2) is 39.4 Å². The molecule has 0 unspecified atom stereocenters. The molecule has 0 bridgehead atoms. The van der Waals surface area contributed by atoms with Crippen molar-refractivity contribution in [3.63, 3.8) is 0 Å². The molecular formula is C22H30N4O4. The summed E-state index contributed by atoms with van der Waals surface area (Å²) in [5.41, 5.74) is 1.37. The highest BCUT2D eigenvalue weighted by molar-refractivity contribution is 5.89. The number of rotatable bonds is 11. The summed E-state index contributed by atoms with van der Waals surface area (Å²) < 4.78 is 10.3. The summed E-state index contributed by atoms with van der Waals surface area (Å²) in [7, 11) is 3.17. The minimum absolute atomic E-state index is 0.237. The Morgan fingerprint density at radius 1 is 0.700 bits per heavy atom. The van der Waals surface area contributed by atoms with Crippen LogP contribution in [0.2, 0.25) is 0 Å². The van der Waals surface area contributed by atoms with E-state index in [2.05, 4.69) is 21.3 Å². The van der Waals surface area contributed by atoms with Gasteiger partial charge in [0.05, 0.1) is 14.2 Å². The average Bonchev–Trinajstić information content (AvgIpc) is 2.75. The van der Waals surface area contributed by atoms with Gasteiger partial charge >= 0.3 is 12.1 Å². The third kappa shape index (κ3) is 8.72. The maximum atomic E-state index is 11.9. The largest absolute Gasteiger partial charge is 0.497 e. The van der Waals surface area contributed by atoms with E-state index < -0.39 is 0 Å². The second-order valence-corrected chi connectivity index (χ2v) is 6.64. The maximum Gasteiger partial charge on any atom is 0.319 e. The van der Waals surface area contributed by atoms with Crippen LogP contribution >= 0.6 is 0 Å². The van der Waals surface area contributed by atoms with Crippen molar-refractivity contribution in [2.45, 2.75) is 25.7 Å². The lowest BCUT2D eigenvalue weighted by Gasteiger charge is -2.09. The van der Waals surface area contributed by atoms with Crippen LogP contribution in [0.4, 0.5) is 21.0 Å². The van der Waals surface area contributed by atoms with Gasteiger partial charge in [0.25, 0.3) is 0 Å². The van der Waals surface area contributed by atoms with Crippen molar-refractivity contribution >= 4 is 23.4 Å². The van der Waals surface area contributed by atoms with Crippen LogP contribution in [0.15, 0.2) is 48.5 Å². The van der Waals surface area contributed by atoms with Gasteiger partial charge in [0.2, 0.25) is 0 Å². The maximum absolute atomic E-state index is 11.9. The average molecular weight is 415 g/mol. The van der Waals surface area contributed by atoms with Crippen molar-refractivity contribution in [1.29, 1.82) is 0 Å². The summed E-state index contributed by atoms with van der Waals surface area (Å²) in [6.45, 7) is 1.19. The van der Waals surface area contributed by atoms with E-state index in [4.69, 9.17) is 9.47 Å². The van der Waals surface area contributed by atoms with Crippen molar-refractivity contribution in [2.24, 2.45) is 0 Å². The highest BCUT2D eigenvalue weighted by Gasteiger charge is 2.03. The lowest BCUT2D eigenvalue weighted by molar-refractivity contribution is 0.250. The van der Waals surface area contributed by atoms with E-state index in [0.717, 1.165) is 25.7 Å². The number of benzene rings is 2. The summed E-state index contributed by atoms with van der Waals surface area (Å²) in [6, 6.07) is 13.9. The van der Waals surface area contributed by atoms with Crippen molar-refractivity contribution in [2.75, 3.05) is 37.9 Å². The zero-order chi connectivity index (χ0) is 21.6. The SMILES string of the molecule is COc1cccc(NC(=O)NCCCCCCNC(=O)Nc2cccc(OC)c2)c1. The molecule has 8 nitrogen and oxygen atoms in total. The number of ether oxygens (including phenoxy) is 2. The number of methoxy groups -OCH3 is 2. The Morgan fingerprint density at radius 2 is 1.13 bits per heavy atom. The Labute approximate surface area is 177 Å². The van der Waals surface area contributed by atoms with Crippen LogP contribution in [0, 0.1) is 0 Å². The number of carbonyl (C=O) groups excluding carboxylic acids is 2. The molecule has 0 saturated heterocycles.